The molecule has 0 spiro atoms. The fourth-order valence-corrected chi connectivity index (χ4v) is 3.55. The third-order valence-electron chi connectivity index (χ3n) is 4.61. The van der Waals surface area contributed by atoms with Crippen LogP contribution in [0.2, 0.25) is 0 Å². The van der Waals surface area contributed by atoms with Gasteiger partial charge >= 0.3 is 0 Å². The molecule has 2 aliphatic rings. The number of rotatable bonds is 6. The lowest BCUT2D eigenvalue weighted by Crippen LogP contribution is -2.46. The van der Waals surface area contributed by atoms with E-state index >= 15 is 0 Å². The average molecular weight is 240 g/mol. The fraction of sp³-hybridized carbons (Fsp3) is 1.00. The van der Waals surface area contributed by atoms with Gasteiger partial charge in [0.05, 0.1) is 6.61 Å². The molecule has 0 heterocycles. The first-order chi connectivity index (χ1) is 8.19. The maximum Gasteiger partial charge on any atom is 0.0558 e. The van der Waals surface area contributed by atoms with Crippen LogP contribution in [-0.4, -0.2) is 42.3 Å². The maximum absolute atomic E-state index is 9.18. The van der Waals surface area contributed by atoms with Gasteiger partial charge < -0.3 is 10.8 Å². The Morgan fingerprint density at radius 3 is 2.65 bits per heavy atom. The van der Waals surface area contributed by atoms with Crippen molar-refractivity contribution in [3.63, 3.8) is 0 Å². The van der Waals surface area contributed by atoms with E-state index < -0.39 is 0 Å². The highest BCUT2D eigenvalue weighted by Gasteiger charge is 2.38. The summed E-state index contributed by atoms with van der Waals surface area (Å²) < 4.78 is 0. The molecule has 2 aliphatic carbocycles. The number of nitrogens with zero attached hydrogens (tertiary/aromatic N) is 1. The van der Waals surface area contributed by atoms with Crippen LogP contribution in [0.3, 0.4) is 0 Å². The van der Waals surface area contributed by atoms with E-state index in [1.165, 1.54) is 38.5 Å². The molecule has 0 aromatic carbocycles. The molecule has 2 unspecified atom stereocenters. The molecule has 2 atom stereocenters. The maximum atomic E-state index is 9.18. The first-order valence-corrected chi connectivity index (χ1v) is 7.24. The smallest absolute Gasteiger partial charge is 0.0558 e. The molecule has 100 valence electrons. The van der Waals surface area contributed by atoms with Crippen LogP contribution in [-0.2, 0) is 0 Å². The van der Waals surface area contributed by atoms with Crippen molar-refractivity contribution < 1.29 is 5.11 Å². The Morgan fingerprint density at radius 1 is 1.35 bits per heavy atom. The lowest BCUT2D eigenvalue weighted by molar-refractivity contribution is 0.0732. The quantitative estimate of drug-likeness (QED) is 0.741. The van der Waals surface area contributed by atoms with Gasteiger partial charge in [-0.1, -0.05) is 19.8 Å². The van der Waals surface area contributed by atoms with Gasteiger partial charge in [0.2, 0.25) is 0 Å². The summed E-state index contributed by atoms with van der Waals surface area (Å²) in [6.45, 7) is 5.40. The van der Waals surface area contributed by atoms with E-state index in [1.54, 1.807) is 0 Å². The van der Waals surface area contributed by atoms with Gasteiger partial charge in [0, 0.05) is 19.1 Å². The van der Waals surface area contributed by atoms with Crippen LogP contribution < -0.4 is 5.73 Å². The molecule has 17 heavy (non-hydrogen) atoms. The third-order valence-corrected chi connectivity index (χ3v) is 4.61. The summed E-state index contributed by atoms with van der Waals surface area (Å²) in [6.07, 6.45) is 7.88. The Hall–Kier alpha value is -0.120. The van der Waals surface area contributed by atoms with Crippen LogP contribution in [0, 0.1) is 11.3 Å². The molecule has 0 aliphatic heterocycles. The molecule has 0 aromatic heterocycles. The first-order valence-electron chi connectivity index (χ1n) is 7.24. The highest BCUT2D eigenvalue weighted by molar-refractivity contribution is 4.93. The van der Waals surface area contributed by atoms with Gasteiger partial charge in [0.25, 0.3) is 0 Å². The van der Waals surface area contributed by atoms with E-state index in [2.05, 4.69) is 11.8 Å². The molecule has 3 N–H and O–H groups in total. The van der Waals surface area contributed by atoms with E-state index in [1.807, 2.05) is 0 Å². The van der Waals surface area contributed by atoms with Crippen molar-refractivity contribution in [1.29, 1.82) is 0 Å². The number of nitrogens with two attached hydrogens (primary N) is 1. The predicted octanol–water partition coefficient (Wildman–Crippen LogP) is 1.60. The zero-order valence-corrected chi connectivity index (χ0v) is 11.2. The van der Waals surface area contributed by atoms with Crippen molar-refractivity contribution in [3.8, 4) is 0 Å². The monoisotopic (exact) mass is 240 g/mol. The molecule has 3 heteroatoms. The summed E-state index contributed by atoms with van der Waals surface area (Å²) in [5.74, 6) is 0.822. The van der Waals surface area contributed by atoms with E-state index in [9.17, 15) is 5.11 Å². The Balaban J connectivity index is 1.96. The molecular formula is C14H28N2O. The lowest BCUT2D eigenvalue weighted by Gasteiger charge is -2.42. The number of hydrogen-bond donors (Lipinski definition) is 2. The minimum Gasteiger partial charge on any atom is -0.395 e. The summed E-state index contributed by atoms with van der Waals surface area (Å²) in [5, 5.41) is 9.18. The molecule has 2 rings (SSSR count). The molecule has 2 saturated carbocycles. The third kappa shape index (κ3) is 3.43. The average Bonchev–Trinajstić information content (AvgIpc) is 3.12. The van der Waals surface area contributed by atoms with Crippen LogP contribution in [0.5, 0.6) is 0 Å². The minimum atomic E-state index is 0.284. The van der Waals surface area contributed by atoms with Gasteiger partial charge in [-0.25, -0.2) is 0 Å². The largest absolute Gasteiger partial charge is 0.395 e. The Kier molecular flexibility index (Phi) is 4.45. The Labute approximate surface area is 105 Å². The molecule has 0 saturated heterocycles. The highest BCUT2D eigenvalue weighted by Crippen LogP contribution is 2.41. The molecule has 2 fully saturated rings. The summed E-state index contributed by atoms with van der Waals surface area (Å²) in [7, 11) is 0. The molecule has 0 amide bonds. The molecule has 3 nitrogen and oxygen atoms in total. The van der Waals surface area contributed by atoms with Gasteiger partial charge in [-0.15, -0.1) is 0 Å². The van der Waals surface area contributed by atoms with Gasteiger partial charge in [-0.2, -0.15) is 0 Å². The summed E-state index contributed by atoms with van der Waals surface area (Å²) in [5.41, 5.74) is 6.41. The van der Waals surface area contributed by atoms with Gasteiger partial charge in [-0.05, 0) is 43.6 Å². The SMILES string of the molecule is CC1CCCC(CN)(CN(CCO)C2CC2)C1. The Bertz CT molecular complexity index is 242. The summed E-state index contributed by atoms with van der Waals surface area (Å²) >= 11 is 0. The Morgan fingerprint density at radius 2 is 2.12 bits per heavy atom. The number of aliphatic hydroxyl groups is 1. The second-order valence-corrected chi connectivity index (χ2v) is 6.33. The van der Waals surface area contributed by atoms with Crippen molar-refractivity contribution in [2.24, 2.45) is 17.1 Å². The zero-order valence-electron chi connectivity index (χ0n) is 11.2. The minimum absolute atomic E-state index is 0.284. The van der Waals surface area contributed by atoms with E-state index in [-0.39, 0.29) is 6.61 Å². The van der Waals surface area contributed by atoms with Crippen molar-refractivity contribution in [2.75, 3.05) is 26.2 Å². The van der Waals surface area contributed by atoms with Crippen LogP contribution in [0.25, 0.3) is 0 Å². The zero-order chi connectivity index (χ0) is 12.3. The predicted molar refractivity (Wildman–Crippen MR) is 70.8 cm³/mol. The summed E-state index contributed by atoms with van der Waals surface area (Å²) in [6, 6.07) is 0.739. The van der Waals surface area contributed by atoms with E-state index in [0.29, 0.717) is 5.41 Å². The lowest BCUT2D eigenvalue weighted by atomic mass is 9.69. The molecule has 0 aromatic rings. The van der Waals surface area contributed by atoms with Crippen molar-refractivity contribution >= 4 is 0 Å². The standard InChI is InChI=1S/C14H28N2O/c1-12-3-2-6-14(9-12,10-15)11-16(7-8-17)13-4-5-13/h12-13,17H,2-11,15H2,1H3. The fourth-order valence-electron chi connectivity index (χ4n) is 3.55. The van der Waals surface area contributed by atoms with E-state index in [0.717, 1.165) is 31.6 Å². The number of hydrogen-bond acceptors (Lipinski definition) is 3. The van der Waals surface area contributed by atoms with Gasteiger partial charge in [0.15, 0.2) is 0 Å². The normalized spacial score (nSPS) is 34.2. The van der Waals surface area contributed by atoms with Crippen molar-refractivity contribution in [1.82, 2.24) is 4.90 Å². The van der Waals surface area contributed by atoms with Crippen LogP contribution in [0.15, 0.2) is 0 Å². The summed E-state index contributed by atoms with van der Waals surface area (Å²) in [4.78, 5) is 2.49. The van der Waals surface area contributed by atoms with Gasteiger partial charge in [0.1, 0.15) is 0 Å². The van der Waals surface area contributed by atoms with Crippen LogP contribution in [0.4, 0.5) is 0 Å². The second kappa shape index (κ2) is 5.68. The first kappa shape index (κ1) is 13.3. The van der Waals surface area contributed by atoms with Crippen LogP contribution >= 0.6 is 0 Å². The molecule has 0 bridgehead atoms. The number of aliphatic hydroxyl groups excluding tert-OH is 1. The van der Waals surface area contributed by atoms with Crippen molar-refractivity contribution in [2.45, 2.75) is 51.5 Å². The van der Waals surface area contributed by atoms with E-state index in [4.69, 9.17) is 5.73 Å². The topological polar surface area (TPSA) is 49.5 Å². The second-order valence-electron chi connectivity index (χ2n) is 6.33. The van der Waals surface area contributed by atoms with Crippen molar-refractivity contribution in [3.05, 3.63) is 0 Å². The molecular weight excluding hydrogens is 212 g/mol. The highest BCUT2D eigenvalue weighted by atomic mass is 16.3. The molecule has 0 radical (unpaired) electrons. The van der Waals surface area contributed by atoms with Gasteiger partial charge in [-0.3, -0.25) is 4.90 Å². The van der Waals surface area contributed by atoms with Crippen LogP contribution in [0.1, 0.15) is 45.4 Å².